The third-order valence-corrected chi connectivity index (χ3v) is 7.12. The predicted molar refractivity (Wildman–Crippen MR) is 129 cm³/mol. The molecule has 1 aromatic heterocycles. The largest absolute Gasteiger partial charge is 0.497 e. The smallest absolute Gasteiger partial charge is 0.265 e. The van der Waals surface area contributed by atoms with E-state index in [-0.39, 0.29) is 10.9 Å². The van der Waals surface area contributed by atoms with E-state index in [0.717, 1.165) is 11.3 Å². The van der Waals surface area contributed by atoms with Gasteiger partial charge < -0.3 is 15.0 Å². The molecule has 1 N–H and O–H groups in total. The maximum Gasteiger partial charge on any atom is 0.265 e. The minimum atomic E-state index is -3.70. The fourth-order valence-electron chi connectivity index (χ4n) is 3.50. The maximum absolute atomic E-state index is 13.1. The number of hydrogen-bond donors (Lipinski definition) is 1. The van der Waals surface area contributed by atoms with E-state index in [1.807, 2.05) is 57.4 Å². The van der Waals surface area contributed by atoms with Crippen molar-refractivity contribution in [1.82, 2.24) is 9.88 Å². The standard InChI is InChI=1S/C24H30N4O3S/c1-5-28(20-11-7-6-8-12-20)32(29,30)22-14-15-24(25-17-22)26-18-23(27(2)3)19-10-9-13-21(16-19)31-4/h6-17,23H,5,18H2,1-4H3,(H,25,26)/t23-/m1/s1. The van der Waals surface area contributed by atoms with Crippen molar-refractivity contribution in [2.45, 2.75) is 17.9 Å². The molecule has 0 bridgehead atoms. The molecule has 3 rings (SSSR count). The molecule has 0 radical (unpaired) electrons. The SMILES string of the molecule is CCN(c1ccccc1)S(=O)(=O)c1ccc(NC[C@H](c2cccc(OC)c2)N(C)C)nc1. The van der Waals surface area contributed by atoms with Gasteiger partial charge in [-0.05, 0) is 63.0 Å². The van der Waals surface area contributed by atoms with Crippen LogP contribution in [0.1, 0.15) is 18.5 Å². The molecule has 0 aliphatic heterocycles. The van der Waals surface area contributed by atoms with Crippen LogP contribution in [0.2, 0.25) is 0 Å². The Balaban J connectivity index is 1.74. The van der Waals surface area contributed by atoms with Crippen LogP contribution in [0.4, 0.5) is 11.5 Å². The number of nitrogens with one attached hydrogen (secondary N) is 1. The first-order chi connectivity index (χ1) is 15.4. The second kappa shape index (κ2) is 10.5. The Labute approximate surface area is 190 Å². The third-order valence-electron chi connectivity index (χ3n) is 5.23. The van der Waals surface area contributed by atoms with Crippen LogP contribution >= 0.6 is 0 Å². The van der Waals surface area contributed by atoms with E-state index in [2.05, 4.69) is 21.3 Å². The molecule has 0 saturated carbocycles. The zero-order valence-electron chi connectivity index (χ0n) is 18.9. The van der Waals surface area contributed by atoms with Crippen molar-refractivity contribution in [3.63, 3.8) is 0 Å². The number of aromatic nitrogens is 1. The van der Waals surface area contributed by atoms with Gasteiger partial charge in [-0.25, -0.2) is 13.4 Å². The molecule has 0 fully saturated rings. The average Bonchev–Trinajstić information content (AvgIpc) is 2.80. The molecular weight excluding hydrogens is 424 g/mol. The van der Waals surface area contributed by atoms with Crippen molar-refractivity contribution in [1.29, 1.82) is 0 Å². The number of nitrogens with zero attached hydrogens (tertiary/aromatic N) is 3. The second-order valence-corrected chi connectivity index (χ2v) is 9.38. The van der Waals surface area contributed by atoms with Crippen molar-refractivity contribution < 1.29 is 13.2 Å². The molecule has 0 aliphatic carbocycles. The summed E-state index contributed by atoms with van der Waals surface area (Å²) in [6, 6.07) is 20.4. The quantitative estimate of drug-likeness (QED) is 0.499. The van der Waals surface area contributed by atoms with Crippen LogP contribution in [0, 0.1) is 0 Å². The zero-order valence-corrected chi connectivity index (χ0v) is 19.7. The van der Waals surface area contributed by atoms with Crippen molar-refractivity contribution in [3.8, 4) is 5.75 Å². The first-order valence-electron chi connectivity index (χ1n) is 10.4. The van der Waals surface area contributed by atoms with Crippen molar-refractivity contribution in [2.24, 2.45) is 0 Å². The van der Waals surface area contributed by atoms with Gasteiger partial charge in [0.15, 0.2) is 0 Å². The second-order valence-electron chi connectivity index (χ2n) is 7.52. The van der Waals surface area contributed by atoms with Gasteiger partial charge in [0.25, 0.3) is 10.0 Å². The van der Waals surface area contributed by atoms with Crippen LogP contribution < -0.4 is 14.4 Å². The fourth-order valence-corrected chi connectivity index (χ4v) is 4.92. The van der Waals surface area contributed by atoms with Gasteiger partial charge in [-0.2, -0.15) is 0 Å². The molecule has 0 amide bonds. The van der Waals surface area contributed by atoms with E-state index in [9.17, 15) is 8.42 Å². The lowest BCUT2D eigenvalue weighted by molar-refractivity contribution is 0.310. The van der Waals surface area contributed by atoms with Gasteiger partial charge in [0.05, 0.1) is 18.8 Å². The van der Waals surface area contributed by atoms with E-state index < -0.39 is 10.0 Å². The Bertz CT molecular complexity index is 1100. The fraction of sp³-hybridized carbons (Fsp3) is 0.292. The molecule has 8 heteroatoms. The maximum atomic E-state index is 13.1. The third kappa shape index (κ3) is 5.38. The van der Waals surface area contributed by atoms with E-state index in [1.165, 1.54) is 10.5 Å². The van der Waals surface area contributed by atoms with Gasteiger partial charge in [-0.15, -0.1) is 0 Å². The molecule has 0 spiro atoms. The Morgan fingerprint density at radius 3 is 2.38 bits per heavy atom. The number of sulfonamides is 1. The van der Waals surface area contributed by atoms with E-state index >= 15 is 0 Å². The summed E-state index contributed by atoms with van der Waals surface area (Å²) < 4.78 is 33.0. The lowest BCUT2D eigenvalue weighted by atomic mass is 10.1. The minimum Gasteiger partial charge on any atom is -0.497 e. The first kappa shape index (κ1) is 23.6. The van der Waals surface area contributed by atoms with Gasteiger partial charge in [-0.1, -0.05) is 30.3 Å². The summed E-state index contributed by atoms with van der Waals surface area (Å²) >= 11 is 0. The van der Waals surface area contributed by atoms with Gasteiger partial charge in [0.2, 0.25) is 0 Å². The summed E-state index contributed by atoms with van der Waals surface area (Å²) in [4.78, 5) is 6.62. The normalized spacial score (nSPS) is 12.4. The van der Waals surface area contributed by atoms with Gasteiger partial charge in [0, 0.05) is 19.3 Å². The number of pyridine rings is 1. The molecule has 3 aromatic rings. The highest BCUT2D eigenvalue weighted by Crippen LogP contribution is 2.25. The lowest BCUT2D eigenvalue weighted by Crippen LogP contribution is -2.30. The Morgan fingerprint density at radius 2 is 1.78 bits per heavy atom. The number of likely N-dealkylation sites (N-methyl/N-ethyl adjacent to an activating group) is 1. The predicted octanol–water partition coefficient (Wildman–Crippen LogP) is 4.02. The Morgan fingerprint density at radius 1 is 1.03 bits per heavy atom. The zero-order chi connectivity index (χ0) is 23.1. The molecule has 1 heterocycles. The van der Waals surface area contributed by atoms with Crippen LogP contribution in [0.5, 0.6) is 5.75 Å². The Kier molecular flexibility index (Phi) is 7.71. The summed E-state index contributed by atoms with van der Waals surface area (Å²) in [5.74, 6) is 1.42. The highest BCUT2D eigenvalue weighted by atomic mass is 32.2. The van der Waals surface area contributed by atoms with E-state index in [4.69, 9.17) is 4.74 Å². The number of ether oxygens (including phenoxy) is 1. The molecule has 170 valence electrons. The highest BCUT2D eigenvalue weighted by Gasteiger charge is 2.24. The van der Waals surface area contributed by atoms with Gasteiger partial charge >= 0.3 is 0 Å². The first-order valence-corrected chi connectivity index (χ1v) is 11.9. The summed E-state index contributed by atoms with van der Waals surface area (Å²) in [5, 5.41) is 3.31. The number of methoxy groups -OCH3 is 1. The van der Waals surface area contributed by atoms with Crippen LogP contribution in [-0.4, -0.2) is 52.6 Å². The molecule has 2 aromatic carbocycles. The molecule has 0 saturated heterocycles. The number of rotatable bonds is 10. The minimum absolute atomic E-state index is 0.0870. The van der Waals surface area contributed by atoms with Crippen LogP contribution in [0.25, 0.3) is 0 Å². The number of hydrogen-bond acceptors (Lipinski definition) is 6. The van der Waals surface area contributed by atoms with Gasteiger partial charge in [-0.3, -0.25) is 4.31 Å². The molecule has 32 heavy (non-hydrogen) atoms. The van der Waals surface area contributed by atoms with Crippen molar-refractivity contribution >= 4 is 21.5 Å². The van der Waals surface area contributed by atoms with Crippen LogP contribution in [-0.2, 0) is 10.0 Å². The van der Waals surface area contributed by atoms with Gasteiger partial charge in [0.1, 0.15) is 16.5 Å². The highest BCUT2D eigenvalue weighted by molar-refractivity contribution is 7.92. The van der Waals surface area contributed by atoms with Crippen molar-refractivity contribution in [3.05, 3.63) is 78.5 Å². The van der Waals surface area contributed by atoms with Crippen molar-refractivity contribution in [2.75, 3.05) is 43.9 Å². The summed E-state index contributed by atoms with van der Waals surface area (Å²) in [5.41, 5.74) is 1.74. The van der Waals surface area contributed by atoms with E-state index in [0.29, 0.717) is 24.6 Å². The summed E-state index contributed by atoms with van der Waals surface area (Å²) in [7, 11) is 1.98. The number of benzene rings is 2. The number of para-hydroxylation sites is 1. The summed E-state index contributed by atoms with van der Waals surface area (Å²) in [6.45, 7) is 2.75. The topological polar surface area (TPSA) is 74.8 Å². The van der Waals surface area contributed by atoms with E-state index in [1.54, 1.807) is 31.4 Å². The molecular formula is C24H30N4O3S. The molecule has 0 aliphatic rings. The molecule has 7 nitrogen and oxygen atoms in total. The Hall–Kier alpha value is -3.10. The summed E-state index contributed by atoms with van der Waals surface area (Å²) in [6.07, 6.45) is 1.40. The van der Waals surface area contributed by atoms with Crippen LogP contribution in [0.15, 0.2) is 77.8 Å². The number of anilines is 2. The molecule has 1 atom stereocenters. The monoisotopic (exact) mass is 454 g/mol. The lowest BCUT2D eigenvalue weighted by Gasteiger charge is -2.26. The average molecular weight is 455 g/mol. The van der Waals surface area contributed by atoms with Crippen LogP contribution in [0.3, 0.4) is 0 Å². The molecule has 0 unspecified atom stereocenters.